The van der Waals surface area contributed by atoms with Crippen molar-refractivity contribution in [1.82, 2.24) is 5.32 Å². The molecule has 0 heterocycles. The zero-order valence-electron chi connectivity index (χ0n) is 16.8. The molecule has 1 amide bonds. The Morgan fingerprint density at radius 3 is 2.28 bits per heavy atom. The van der Waals surface area contributed by atoms with E-state index >= 15 is 0 Å². The molecule has 2 rings (SSSR count). The van der Waals surface area contributed by atoms with E-state index in [1.165, 1.54) is 13.2 Å². The van der Waals surface area contributed by atoms with Crippen molar-refractivity contribution in [3.63, 3.8) is 0 Å². The number of anilines is 1. The Bertz CT molecular complexity index is 948. The third-order valence-corrected chi connectivity index (χ3v) is 5.81. The average Bonchev–Trinajstić information content (AvgIpc) is 2.69. The lowest BCUT2D eigenvalue weighted by atomic mass is 10.0. The minimum Gasteiger partial charge on any atom is -0.497 e. The minimum absolute atomic E-state index is 0.253. The highest BCUT2D eigenvalue weighted by Gasteiger charge is 2.23. The van der Waals surface area contributed by atoms with Crippen LogP contribution in [-0.4, -0.2) is 41.3 Å². The Morgan fingerprint density at radius 2 is 1.79 bits per heavy atom. The molecule has 1 unspecified atom stereocenters. The van der Waals surface area contributed by atoms with Gasteiger partial charge in [0.25, 0.3) is 0 Å². The minimum atomic E-state index is -3.71. The van der Waals surface area contributed by atoms with Crippen molar-refractivity contribution in [3.8, 4) is 11.5 Å². The van der Waals surface area contributed by atoms with Crippen LogP contribution in [0.1, 0.15) is 24.9 Å². The van der Waals surface area contributed by atoms with Crippen LogP contribution in [0.5, 0.6) is 11.5 Å². The van der Waals surface area contributed by atoms with Gasteiger partial charge in [-0.1, -0.05) is 30.7 Å². The van der Waals surface area contributed by atoms with Crippen LogP contribution in [0.4, 0.5) is 5.69 Å². The number of sulfonamides is 1. The predicted molar refractivity (Wildman–Crippen MR) is 114 cm³/mol. The third kappa shape index (κ3) is 6.01. The summed E-state index contributed by atoms with van der Waals surface area (Å²) >= 11 is 6.11. The molecular weight excluding hydrogens is 416 g/mol. The number of methoxy groups -OCH3 is 2. The largest absolute Gasteiger partial charge is 0.497 e. The highest BCUT2D eigenvalue weighted by atomic mass is 35.5. The first-order valence-corrected chi connectivity index (χ1v) is 11.2. The van der Waals surface area contributed by atoms with Crippen LogP contribution in [0.25, 0.3) is 0 Å². The van der Waals surface area contributed by atoms with Gasteiger partial charge in [0.1, 0.15) is 18.0 Å². The van der Waals surface area contributed by atoms with Crippen LogP contribution in [-0.2, 0) is 14.8 Å². The molecule has 1 N–H and O–H groups in total. The van der Waals surface area contributed by atoms with Gasteiger partial charge < -0.3 is 14.8 Å². The van der Waals surface area contributed by atoms with Crippen molar-refractivity contribution in [3.05, 3.63) is 53.1 Å². The number of carbonyl (C=O) groups excluding carboxylic acids is 1. The molecule has 0 saturated carbocycles. The van der Waals surface area contributed by atoms with E-state index in [4.69, 9.17) is 21.1 Å². The lowest BCUT2D eigenvalue weighted by molar-refractivity contribution is -0.120. The van der Waals surface area contributed by atoms with Crippen molar-refractivity contribution in [1.29, 1.82) is 0 Å². The van der Waals surface area contributed by atoms with Crippen LogP contribution in [0.15, 0.2) is 42.5 Å². The zero-order chi connectivity index (χ0) is 21.6. The molecule has 0 aliphatic heterocycles. The fraction of sp³-hybridized carbons (Fsp3) is 0.350. The molecule has 0 aliphatic carbocycles. The van der Waals surface area contributed by atoms with Crippen molar-refractivity contribution in [2.24, 2.45) is 0 Å². The molecule has 0 bridgehead atoms. The standard InChI is InChI=1S/C20H25ClN2O5S/c1-5-18(14-6-9-16(27-2)10-7-14)22-20(24)13-23(29(4,25)26)15-8-11-19(28-3)17(21)12-15/h6-12,18H,5,13H2,1-4H3,(H,22,24). The molecule has 29 heavy (non-hydrogen) atoms. The second-order valence-electron chi connectivity index (χ2n) is 6.39. The van der Waals surface area contributed by atoms with E-state index in [0.717, 1.165) is 21.9 Å². The number of nitrogens with one attached hydrogen (secondary N) is 1. The number of hydrogen-bond acceptors (Lipinski definition) is 5. The molecule has 0 spiro atoms. The number of nitrogens with zero attached hydrogens (tertiary/aromatic N) is 1. The smallest absolute Gasteiger partial charge is 0.241 e. The van der Waals surface area contributed by atoms with E-state index in [2.05, 4.69) is 5.32 Å². The number of ether oxygens (including phenoxy) is 2. The van der Waals surface area contributed by atoms with Gasteiger partial charge in [-0.2, -0.15) is 0 Å². The second kappa shape index (κ2) is 9.84. The van der Waals surface area contributed by atoms with Crippen LogP contribution in [0.3, 0.4) is 0 Å². The predicted octanol–water partition coefficient (Wildman–Crippen LogP) is 3.39. The summed E-state index contributed by atoms with van der Waals surface area (Å²) in [6.45, 7) is 1.57. The Balaban J connectivity index is 2.20. The number of halogens is 1. The van der Waals surface area contributed by atoms with Crippen molar-refractivity contribution in [2.75, 3.05) is 31.3 Å². The Kier molecular flexibility index (Phi) is 7.75. The van der Waals surface area contributed by atoms with Gasteiger partial charge in [0.15, 0.2) is 0 Å². The van der Waals surface area contributed by atoms with Crippen molar-refractivity contribution in [2.45, 2.75) is 19.4 Å². The maximum absolute atomic E-state index is 12.6. The highest BCUT2D eigenvalue weighted by Crippen LogP contribution is 2.30. The van der Waals surface area contributed by atoms with E-state index in [0.29, 0.717) is 12.2 Å². The van der Waals surface area contributed by atoms with Gasteiger partial charge in [-0.3, -0.25) is 9.10 Å². The summed E-state index contributed by atoms with van der Waals surface area (Å²) in [5, 5.41) is 3.14. The molecular formula is C20H25ClN2O5S. The number of carbonyl (C=O) groups is 1. The fourth-order valence-corrected chi connectivity index (χ4v) is 3.94. The summed E-state index contributed by atoms with van der Waals surface area (Å²) in [5.74, 6) is 0.707. The number of benzene rings is 2. The Labute approximate surface area is 176 Å². The van der Waals surface area contributed by atoms with Gasteiger partial charge in [-0.05, 0) is 42.3 Å². The van der Waals surface area contributed by atoms with Crippen LogP contribution in [0, 0.1) is 0 Å². The fourth-order valence-electron chi connectivity index (χ4n) is 2.84. The van der Waals surface area contributed by atoms with Crippen molar-refractivity contribution < 1.29 is 22.7 Å². The van der Waals surface area contributed by atoms with Crippen LogP contribution >= 0.6 is 11.6 Å². The van der Waals surface area contributed by atoms with Crippen LogP contribution in [0.2, 0.25) is 5.02 Å². The second-order valence-corrected chi connectivity index (χ2v) is 8.70. The highest BCUT2D eigenvalue weighted by molar-refractivity contribution is 7.92. The van der Waals surface area contributed by atoms with Gasteiger partial charge in [0, 0.05) is 0 Å². The monoisotopic (exact) mass is 440 g/mol. The number of amides is 1. The van der Waals surface area contributed by atoms with E-state index in [9.17, 15) is 13.2 Å². The van der Waals surface area contributed by atoms with E-state index in [-0.39, 0.29) is 23.3 Å². The molecule has 2 aromatic rings. The maximum Gasteiger partial charge on any atom is 0.241 e. The summed E-state index contributed by atoms with van der Waals surface area (Å²) in [7, 11) is -0.661. The molecule has 158 valence electrons. The first kappa shape index (κ1) is 22.8. The summed E-state index contributed by atoms with van der Waals surface area (Å²) in [5.41, 5.74) is 1.19. The first-order valence-electron chi connectivity index (χ1n) is 8.94. The van der Waals surface area contributed by atoms with Gasteiger partial charge in [-0.25, -0.2) is 8.42 Å². The molecule has 2 aromatic carbocycles. The van der Waals surface area contributed by atoms with Gasteiger partial charge in [0.05, 0.1) is 37.2 Å². The number of hydrogen-bond donors (Lipinski definition) is 1. The Hall–Kier alpha value is -2.45. The number of rotatable bonds is 9. The molecule has 7 nitrogen and oxygen atoms in total. The quantitative estimate of drug-likeness (QED) is 0.646. The van der Waals surface area contributed by atoms with E-state index in [1.54, 1.807) is 19.2 Å². The molecule has 0 aromatic heterocycles. The third-order valence-electron chi connectivity index (χ3n) is 4.37. The van der Waals surface area contributed by atoms with Gasteiger partial charge >= 0.3 is 0 Å². The summed E-state index contributed by atoms with van der Waals surface area (Å²) in [6.07, 6.45) is 1.69. The maximum atomic E-state index is 12.6. The summed E-state index contributed by atoms with van der Waals surface area (Å²) in [4.78, 5) is 12.6. The Morgan fingerprint density at radius 1 is 1.14 bits per heavy atom. The molecule has 0 radical (unpaired) electrons. The van der Waals surface area contributed by atoms with Crippen molar-refractivity contribution >= 4 is 33.2 Å². The summed E-state index contributed by atoms with van der Waals surface area (Å²) < 4.78 is 35.8. The lowest BCUT2D eigenvalue weighted by Crippen LogP contribution is -2.41. The molecule has 0 aliphatic rings. The van der Waals surface area contributed by atoms with Gasteiger partial charge in [0.2, 0.25) is 15.9 Å². The molecule has 9 heteroatoms. The average molecular weight is 441 g/mol. The summed E-state index contributed by atoms with van der Waals surface area (Å²) in [6, 6.07) is 11.7. The van der Waals surface area contributed by atoms with E-state index in [1.807, 2.05) is 31.2 Å². The normalized spacial score (nSPS) is 12.2. The van der Waals surface area contributed by atoms with Gasteiger partial charge in [-0.15, -0.1) is 0 Å². The topological polar surface area (TPSA) is 84.9 Å². The van der Waals surface area contributed by atoms with Crippen LogP contribution < -0.4 is 19.1 Å². The molecule has 0 fully saturated rings. The lowest BCUT2D eigenvalue weighted by Gasteiger charge is -2.24. The zero-order valence-corrected chi connectivity index (χ0v) is 18.4. The molecule has 1 atom stereocenters. The molecule has 0 saturated heterocycles. The first-order chi connectivity index (χ1) is 13.7. The van der Waals surface area contributed by atoms with E-state index < -0.39 is 15.9 Å². The SMILES string of the molecule is CCC(NC(=O)CN(c1ccc(OC)c(Cl)c1)S(C)(=O)=O)c1ccc(OC)cc1.